The quantitative estimate of drug-likeness (QED) is 0.239. The highest BCUT2D eigenvalue weighted by Crippen LogP contribution is 2.54. The van der Waals surface area contributed by atoms with E-state index in [0.29, 0.717) is 23.6 Å². The van der Waals surface area contributed by atoms with Crippen molar-refractivity contribution in [1.29, 1.82) is 0 Å². The molecule has 3 aliphatic rings. The monoisotopic (exact) mass is 570 g/mol. The Balaban J connectivity index is 1.88. The van der Waals surface area contributed by atoms with Crippen molar-refractivity contribution in [3.63, 3.8) is 0 Å². The Bertz CT molecular complexity index is 1340. The van der Waals surface area contributed by atoms with E-state index < -0.39 is 58.0 Å². The van der Waals surface area contributed by atoms with Crippen molar-refractivity contribution in [2.24, 2.45) is 23.5 Å². The Morgan fingerprint density at radius 2 is 1.78 bits per heavy atom. The molecule has 0 aromatic heterocycles. The topological polar surface area (TPSA) is 177 Å². The Morgan fingerprint density at radius 1 is 1.15 bits per heavy atom. The van der Waals surface area contributed by atoms with Crippen molar-refractivity contribution in [2.75, 3.05) is 39.6 Å². The SMILES string of the molecule is CCC(CC)CNCc1cc(N(C)C)c2c(c1O)C(O)=C1C(=O)[C@]3(O)C(O)=C(C(N)=O)C(=O)[C@@H](N(C)C)[C@@H]3C[C@@H]1C2. The van der Waals surface area contributed by atoms with Gasteiger partial charge in [0, 0.05) is 43.4 Å². The van der Waals surface area contributed by atoms with E-state index in [1.54, 1.807) is 14.1 Å². The number of benzene rings is 1. The number of Topliss-reactive ketones (excluding diaryl/α,β-unsaturated/α-hetero) is 2. The zero-order valence-electron chi connectivity index (χ0n) is 24.6. The third-order valence-corrected chi connectivity index (χ3v) is 9.16. The van der Waals surface area contributed by atoms with Gasteiger partial charge < -0.3 is 36.4 Å². The molecule has 0 unspecified atom stereocenters. The average Bonchev–Trinajstić information content (AvgIpc) is 2.89. The molecular weight excluding hydrogens is 528 g/mol. The van der Waals surface area contributed by atoms with Crippen molar-refractivity contribution >= 4 is 28.9 Å². The molecule has 0 aliphatic heterocycles. The van der Waals surface area contributed by atoms with Crippen molar-refractivity contribution in [3.05, 3.63) is 39.7 Å². The summed E-state index contributed by atoms with van der Waals surface area (Å²) in [4.78, 5) is 42.8. The van der Waals surface area contributed by atoms with Gasteiger partial charge in [-0.25, -0.2) is 0 Å². The maximum atomic E-state index is 14.1. The number of hydrogen-bond acceptors (Lipinski definition) is 10. The number of nitrogens with two attached hydrogens (primary N) is 1. The van der Waals surface area contributed by atoms with E-state index in [-0.39, 0.29) is 29.7 Å². The highest BCUT2D eigenvalue weighted by atomic mass is 16.3. The highest BCUT2D eigenvalue weighted by Gasteiger charge is 2.64. The van der Waals surface area contributed by atoms with E-state index in [4.69, 9.17) is 5.73 Å². The van der Waals surface area contributed by atoms with E-state index in [1.165, 1.54) is 4.90 Å². The van der Waals surface area contributed by atoms with Gasteiger partial charge in [-0.05, 0) is 56.9 Å². The zero-order valence-corrected chi connectivity index (χ0v) is 24.6. The van der Waals surface area contributed by atoms with Crippen molar-refractivity contribution < 1.29 is 34.8 Å². The number of aliphatic hydroxyl groups excluding tert-OH is 2. The second kappa shape index (κ2) is 11.1. The van der Waals surface area contributed by atoms with Crippen LogP contribution in [0.15, 0.2) is 23.0 Å². The van der Waals surface area contributed by atoms with E-state index >= 15 is 0 Å². The maximum absolute atomic E-state index is 14.1. The van der Waals surface area contributed by atoms with Gasteiger partial charge in [0.1, 0.15) is 22.8 Å². The molecule has 11 heteroatoms. The number of aliphatic hydroxyl groups is 3. The van der Waals surface area contributed by atoms with Crippen LogP contribution in [-0.4, -0.2) is 89.2 Å². The average molecular weight is 571 g/mol. The largest absolute Gasteiger partial charge is 0.508 e. The number of likely N-dealkylation sites (N-methyl/N-ethyl adjacent to an activating group) is 1. The Morgan fingerprint density at radius 3 is 2.32 bits per heavy atom. The van der Waals surface area contributed by atoms with Crippen LogP contribution in [0.2, 0.25) is 0 Å². The number of ketones is 2. The lowest BCUT2D eigenvalue weighted by atomic mass is 9.57. The summed E-state index contributed by atoms with van der Waals surface area (Å²) in [6.07, 6.45) is 2.33. The Hall–Kier alpha value is -3.41. The standard InChI is InChI=1S/C30H42N4O7/c1-7-14(8-2)12-32-13-16-11-19(33(3)4)17-9-15-10-18-23(34(5)6)26(37)22(29(31)40)28(39)30(18,41)27(38)20(15)25(36)21(17)24(16)35/h11,14-15,18,23,32,35-36,39,41H,7-10,12-13H2,1-6H3,(H2,31,40)/t15-,18-,23-,30-/m0/s1. The molecule has 1 saturated carbocycles. The van der Waals surface area contributed by atoms with Crippen LogP contribution in [0.5, 0.6) is 5.75 Å². The lowest BCUT2D eigenvalue weighted by molar-refractivity contribution is -0.153. The number of carbonyl (C=O) groups excluding carboxylic acids is 3. The highest BCUT2D eigenvalue weighted by molar-refractivity contribution is 6.24. The summed E-state index contributed by atoms with van der Waals surface area (Å²) >= 11 is 0. The minimum atomic E-state index is -2.65. The first kappa shape index (κ1) is 30.5. The number of phenolic OH excluding ortho intramolecular Hbond substituents is 1. The molecule has 1 amide bonds. The molecule has 1 aromatic carbocycles. The van der Waals surface area contributed by atoms with Crippen LogP contribution in [0.3, 0.4) is 0 Å². The smallest absolute Gasteiger partial charge is 0.255 e. The predicted molar refractivity (Wildman–Crippen MR) is 154 cm³/mol. The summed E-state index contributed by atoms with van der Waals surface area (Å²) in [6.45, 7) is 5.33. The molecule has 0 spiro atoms. The number of anilines is 1. The van der Waals surface area contributed by atoms with Gasteiger partial charge in [0.25, 0.3) is 5.91 Å². The molecule has 11 nitrogen and oxygen atoms in total. The summed E-state index contributed by atoms with van der Waals surface area (Å²) < 4.78 is 0. The second-order valence-corrected chi connectivity index (χ2v) is 11.9. The number of rotatable bonds is 9. The van der Waals surface area contributed by atoms with Crippen LogP contribution in [0.25, 0.3) is 5.76 Å². The second-order valence-electron chi connectivity index (χ2n) is 11.9. The van der Waals surface area contributed by atoms with Crippen molar-refractivity contribution in [1.82, 2.24) is 10.2 Å². The fraction of sp³-hybridized carbons (Fsp3) is 0.567. The Labute approximate surface area is 240 Å². The summed E-state index contributed by atoms with van der Waals surface area (Å²) in [6, 6.07) is 0.756. The third kappa shape index (κ3) is 4.69. The molecular formula is C30H42N4O7. The summed E-state index contributed by atoms with van der Waals surface area (Å²) in [5.41, 5.74) is 3.81. The first-order valence-electron chi connectivity index (χ1n) is 14.1. The minimum Gasteiger partial charge on any atom is -0.508 e. The predicted octanol–water partition coefficient (Wildman–Crippen LogP) is 1.56. The van der Waals surface area contributed by atoms with E-state index in [0.717, 1.165) is 25.1 Å². The van der Waals surface area contributed by atoms with Gasteiger partial charge >= 0.3 is 0 Å². The number of primary amides is 1. The fourth-order valence-electron chi connectivity index (χ4n) is 6.87. The number of fused-ring (bicyclic) bond motifs is 3. The molecule has 41 heavy (non-hydrogen) atoms. The van der Waals surface area contributed by atoms with E-state index in [1.807, 2.05) is 25.1 Å². The molecule has 0 heterocycles. The summed E-state index contributed by atoms with van der Waals surface area (Å²) in [7, 11) is 6.86. The molecule has 224 valence electrons. The van der Waals surface area contributed by atoms with Crippen molar-refractivity contribution in [2.45, 2.75) is 57.7 Å². The molecule has 0 saturated heterocycles. The first-order valence-corrected chi connectivity index (χ1v) is 14.1. The van der Waals surface area contributed by atoms with Crippen molar-refractivity contribution in [3.8, 4) is 5.75 Å². The van der Waals surface area contributed by atoms with Crippen LogP contribution in [0, 0.1) is 17.8 Å². The maximum Gasteiger partial charge on any atom is 0.255 e. The number of aromatic hydroxyl groups is 1. The molecule has 1 fully saturated rings. The fourth-order valence-corrected chi connectivity index (χ4v) is 6.87. The molecule has 4 rings (SSSR count). The number of phenols is 1. The molecule has 7 N–H and O–H groups in total. The molecule has 0 radical (unpaired) electrons. The number of nitrogens with zero attached hydrogens (tertiary/aromatic N) is 2. The number of nitrogens with one attached hydrogen (secondary N) is 1. The van der Waals surface area contributed by atoms with Gasteiger partial charge in [0.2, 0.25) is 5.78 Å². The lowest BCUT2D eigenvalue weighted by Crippen LogP contribution is -2.65. The van der Waals surface area contributed by atoms with Crippen LogP contribution in [-0.2, 0) is 27.3 Å². The lowest BCUT2D eigenvalue weighted by Gasteiger charge is -2.50. The normalized spacial score (nSPS) is 25.9. The number of carbonyl (C=O) groups is 3. The molecule has 1 aromatic rings. The van der Waals surface area contributed by atoms with Crippen LogP contribution < -0.4 is 16.0 Å². The number of hydrogen-bond donors (Lipinski definition) is 6. The van der Waals surface area contributed by atoms with E-state index in [9.17, 15) is 34.8 Å². The van der Waals surface area contributed by atoms with Gasteiger partial charge in [-0.15, -0.1) is 0 Å². The van der Waals surface area contributed by atoms with Gasteiger partial charge in [0.15, 0.2) is 11.4 Å². The zero-order chi connectivity index (χ0) is 30.5. The van der Waals surface area contributed by atoms with Gasteiger partial charge in [-0.2, -0.15) is 0 Å². The number of amides is 1. The van der Waals surface area contributed by atoms with Gasteiger partial charge in [-0.3, -0.25) is 19.3 Å². The first-order chi connectivity index (χ1) is 19.2. The van der Waals surface area contributed by atoms with E-state index in [2.05, 4.69) is 19.2 Å². The molecule has 0 bridgehead atoms. The summed E-state index contributed by atoms with van der Waals surface area (Å²) in [5.74, 6) is -6.03. The minimum absolute atomic E-state index is 0.0537. The third-order valence-electron chi connectivity index (χ3n) is 9.16. The van der Waals surface area contributed by atoms with Crippen LogP contribution in [0.1, 0.15) is 49.8 Å². The van der Waals surface area contributed by atoms with Gasteiger partial charge in [-0.1, -0.05) is 26.7 Å². The Kier molecular flexibility index (Phi) is 8.28. The van der Waals surface area contributed by atoms with Crippen LogP contribution in [0.4, 0.5) is 5.69 Å². The van der Waals surface area contributed by atoms with Crippen LogP contribution >= 0.6 is 0 Å². The van der Waals surface area contributed by atoms with Gasteiger partial charge in [0.05, 0.1) is 11.6 Å². The molecule has 4 atom stereocenters. The summed E-state index contributed by atoms with van der Waals surface area (Å²) in [5, 5.41) is 49.2. The molecule has 3 aliphatic carbocycles.